The Morgan fingerprint density at radius 3 is 1.33 bits per heavy atom. The van der Waals surface area contributed by atoms with Crippen LogP contribution in [0.2, 0.25) is 0 Å². The average Bonchev–Trinajstić information content (AvgIpc) is 1.67. The van der Waals surface area contributed by atoms with E-state index < -0.39 is 81.7 Å². The Balaban J connectivity index is 0.000000298. The van der Waals surface area contributed by atoms with E-state index in [1.54, 1.807) is 40.9 Å². The topological polar surface area (TPSA) is 125 Å². The number of nitrogens with zero attached hydrogens (tertiary/aromatic N) is 3. The van der Waals surface area contributed by atoms with Crippen molar-refractivity contribution in [2.24, 2.45) is 0 Å². The van der Waals surface area contributed by atoms with Gasteiger partial charge in [0.05, 0.1) is 35.6 Å². The lowest BCUT2D eigenvalue weighted by Gasteiger charge is -2.22. The molecule has 0 bridgehead atoms. The van der Waals surface area contributed by atoms with E-state index in [1.165, 1.54) is 67.3 Å². The molecule has 512 valence electrons. The summed E-state index contributed by atoms with van der Waals surface area (Å²) in [5, 5.41) is 0.0798. The van der Waals surface area contributed by atoms with Crippen molar-refractivity contribution in [3.8, 4) is 0 Å². The highest BCUT2D eigenvalue weighted by Crippen LogP contribution is 2.48. The number of ether oxygens (including phenoxy) is 1. The Bertz CT molecular complexity index is 4400. The van der Waals surface area contributed by atoms with Gasteiger partial charge >= 0.3 is 23.7 Å². The Morgan fingerprint density at radius 2 is 0.947 bits per heavy atom. The maximum Gasteiger partial charge on any atom is 0.550 e. The highest BCUT2D eigenvalue weighted by atomic mass is 32.3. The van der Waals surface area contributed by atoms with Crippen molar-refractivity contribution in [3.05, 3.63) is 176 Å². The SMILES string of the molecule is C.CCN(CC)c1ccc(/C=C/c2cc3sc(/C=C/c4c/c(=C(\C)S(=O)(=O)C(F)(F)F)cc/c4=C(/C)SOOC(F)(F)F)cc3s2)cc1.[C-]#[N+]C1=C(/C=C/c2cc3sc(/C=C/c4ccc(N(CC)CC)cc4)cc3s2)C(C)(C)O/C1=C(/SOOC(F)(F)F)S(=O)(=O)C(F)(F)F. The molecule has 1 aliphatic rings. The van der Waals surface area contributed by atoms with E-state index in [2.05, 4.69) is 97.2 Å². The number of alkyl halides is 12. The van der Waals surface area contributed by atoms with Gasteiger partial charge in [-0.05, 0) is 161 Å². The fourth-order valence-corrected chi connectivity index (χ4v) is 16.4. The lowest BCUT2D eigenvalue weighted by atomic mass is 9.97. The summed E-state index contributed by atoms with van der Waals surface area (Å²) in [4.78, 5) is 16.9. The van der Waals surface area contributed by atoms with E-state index in [4.69, 9.17) is 11.3 Å². The predicted octanol–water partition coefficient (Wildman–Crippen LogP) is 20.3. The molecule has 32 heteroatoms. The standard InChI is InChI=1S/C32H29F6NO4S4.C30H26F6N2O5S4.CH4/c1-5-39(6-2)25-12-7-22(8-13-25)9-14-26-18-29-30(44-26)19-27(45-29)15-10-24-17-23(21(4)47(40,41)32(36,37)38)11-16-28(24)20(3)46-43-42-31(33,34)35;1-6-38(7-2)19-11-8-18(9-12-19)10-13-20-16-23-24(44-20)17-21(45-23)14-15-22-25(37-5)26(41-28(22,3)4)27(46-43-42-29(31,32)33)47(39,40)30(34,35)36;/h7-19H,5-6H2,1-4H3;8-17H,6-7H2,1-4H3;1H4/b14-9+,15-10+,23-21+,28-20+;13-10+,15-14+,27-26-;. The second kappa shape index (κ2) is 31.9. The van der Waals surface area contributed by atoms with Crippen LogP contribution in [0, 0.1) is 6.57 Å². The fraction of sp³-hybridized carbons (Fsp3) is 0.286. The van der Waals surface area contributed by atoms with Crippen LogP contribution < -0.4 is 20.2 Å². The number of benzene rings is 3. The Hall–Kier alpha value is -6.35. The second-order valence-corrected chi connectivity index (χ2v) is 30.5. The summed E-state index contributed by atoms with van der Waals surface area (Å²) in [5.41, 5.74) is -8.95. The summed E-state index contributed by atoms with van der Waals surface area (Å²) in [6, 6.07) is 28.1. The van der Waals surface area contributed by atoms with E-state index in [0.29, 0.717) is 5.22 Å². The second-order valence-electron chi connectivity index (χ2n) is 20.2. The molecule has 0 amide bonds. The highest BCUT2D eigenvalue weighted by molar-refractivity contribution is 8.16. The molecule has 0 unspecified atom stereocenters. The molecule has 5 heterocycles. The van der Waals surface area contributed by atoms with Gasteiger partial charge in [-0.25, -0.2) is 21.7 Å². The number of rotatable bonds is 22. The van der Waals surface area contributed by atoms with E-state index in [0.717, 1.165) is 94.3 Å². The number of anilines is 2. The van der Waals surface area contributed by atoms with E-state index >= 15 is 0 Å². The number of sulfone groups is 2. The van der Waals surface area contributed by atoms with Crippen LogP contribution in [0.25, 0.3) is 76.0 Å². The molecule has 0 radical (unpaired) electrons. The van der Waals surface area contributed by atoms with Crippen LogP contribution >= 0.6 is 69.4 Å². The molecule has 4 aromatic heterocycles. The maximum absolute atomic E-state index is 13.5. The van der Waals surface area contributed by atoms with Crippen molar-refractivity contribution < 1.29 is 92.7 Å². The summed E-state index contributed by atoms with van der Waals surface area (Å²) in [6.07, 6.45) is 3.84. The molecule has 0 saturated carbocycles. The van der Waals surface area contributed by atoms with Crippen molar-refractivity contribution >= 4 is 172 Å². The largest absolute Gasteiger partial charge is 0.550 e. The van der Waals surface area contributed by atoms with Gasteiger partial charge in [-0.15, -0.1) is 85.8 Å². The zero-order valence-electron chi connectivity index (χ0n) is 50.4. The first-order valence-corrected chi connectivity index (χ1v) is 35.3. The van der Waals surface area contributed by atoms with E-state index in [9.17, 15) is 69.5 Å². The minimum atomic E-state index is -6.33. The van der Waals surface area contributed by atoms with Gasteiger partial charge in [0.1, 0.15) is 5.60 Å². The lowest BCUT2D eigenvalue weighted by molar-refractivity contribution is -0.440. The van der Waals surface area contributed by atoms with Gasteiger partial charge in [0.2, 0.25) is 5.70 Å². The number of hydrogen-bond donors (Lipinski definition) is 0. The van der Waals surface area contributed by atoms with Gasteiger partial charge in [0.25, 0.3) is 19.7 Å². The molecule has 0 N–H and O–H groups in total. The van der Waals surface area contributed by atoms with Crippen LogP contribution in [0.5, 0.6) is 0 Å². The summed E-state index contributed by atoms with van der Waals surface area (Å²) in [6.45, 7) is 24.7. The zero-order chi connectivity index (χ0) is 69.4. The quantitative estimate of drug-likeness (QED) is 0.0210. The third-order valence-corrected chi connectivity index (χ3v) is 23.0. The Kier molecular flexibility index (Phi) is 26.1. The number of halogens is 12. The van der Waals surface area contributed by atoms with Crippen molar-refractivity contribution in [1.82, 2.24) is 0 Å². The maximum atomic E-state index is 13.5. The lowest BCUT2D eigenvalue weighted by Crippen LogP contribution is -2.27. The molecule has 7 aromatic rings. The monoisotopic (exact) mass is 1490 g/mol. The molecule has 95 heavy (non-hydrogen) atoms. The van der Waals surface area contributed by atoms with E-state index in [-0.39, 0.29) is 40.7 Å². The summed E-state index contributed by atoms with van der Waals surface area (Å²) >= 11 is 5.39. The van der Waals surface area contributed by atoms with Crippen molar-refractivity contribution in [1.29, 1.82) is 0 Å². The molecule has 0 fully saturated rings. The van der Waals surface area contributed by atoms with Crippen LogP contribution in [0.3, 0.4) is 0 Å². The smallest absolute Gasteiger partial charge is 0.493 e. The predicted molar refractivity (Wildman–Crippen MR) is 363 cm³/mol. The minimum Gasteiger partial charge on any atom is -0.493 e. The molecular formula is C63H59F12N3O9S8. The number of fused-ring (bicyclic) bond motifs is 2. The zero-order valence-corrected chi connectivity index (χ0v) is 57.0. The van der Waals surface area contributed by atoms with Gasteiger partial charge in [-0.1, -0.05) is 68.1 Å². The number of thiophene rings is 4. The minimum absolute atomic E-state index is 0. The third kappa shape index (κ3) is 19.9. The molecule has 3 aromatic carbocycles. The first-order chi connectivity index (χ1) is 43.9. The molecule has 0 saturated heterocycles. The van der Waals surface area contributed by atoms with Crippen LogP contribution in [-0.4, -0.2) is 72.4 Å². The molecule has 8 rings (SSSR count). The Labute approximate surface area is 565 Å². The van der Waals surface area contributed by atoms with Crippen molar-refractivity contribution in [2.45, 2.75) is 92.2 Å². The van der Waals surface area contributed by atoms with Crippen molar-refractivity contribution in [3.63, 3.8) is 0 Å². The summed E-state index contributed by atoms with van der Waals surface area (Å²) in [7, 11) is -11.9. The van der Waals surface area contributed by atoms with Crippen LogP contribution in [0.4, 0.5) is 64.1 Å². The average molecular weight is 1490 g/mol. The molecule has 0 spiro atoms. The summed E-state index contributed by atoms with van der Waals surface area (Å²) < 4.78 is 219. The first kappa shape index (κ1) is 77.7. The van der Waals surface area contributed by atoms with Gasteiger partial charge in [0.15, 0.2) is 10.00 Å². The Morgan fingerprint density at radius 1 is 0.558 bits per heavy atom. The van der Waals surface area contributed by atoms with Crippen LogP contribution in [0.1, 0.15) is 99.0 Å². The fourth-order valence-electron chi connectivity index (χ4n) is 8.95. The first-order valence-electron chi connectivity index (χ1n) is 27.6. The molecule has 0 atom stereocenters. The third-order valence-electron chi connectivity index (χ3n) is 13.6. The summed E-state index contributed by atoms with van der Waals surface area (Å²) in [5.74, 6) is -1.11. The van der Waals surface area contributed by atoms with Gasteiger partial charge in [0, 0.05) is 86.3 Å². The molecule has 0 aliphatic carbocycles. The normalized spacial score (nSPS) is 15.4. The highest BCUT2D eigenvalue weighted by Gasteiger charge is 2.53. The van der Waals surface area contributed by atoms with Gasteiger partial charge < -0.3 is 14.5 Å². The van der Waals surface area contributed by atoms with Gasteiger partial charge in [-0.3, -0.25) is 0 Å². The molecular weight excluding hydrogens is 1430 g/mol. The molecule has 12 nitrogen and oxygen atoms in total. The van der Waals surface area contributed by atoms with Crippen molar-refractivity contribution in [2.75, 3.05) is 36.0 Å². The van der Waals surface area contributed by atoms with Crippen LogP contribution in [0.15, 0.2) is 118 Å². The number of hydrogen-bond acceptors (Lipinski definition) is 17. The van der Waals surface area contributed by atoms with E-state index in [1.807, 2.05) is 60.7 Å². The van der Waals surface area contributed by atoms with Crippen LogP contribution in [-0.2, 0) is 42.9 Å². The van der Waals surface area contributed by atoms with Gasteiger partial charge in [-0.2, -0.15) is 30.7 Å². The molecule has 1 aliphatic heterocycles.